The summed E-state index contributed by atoms with van der Waals surface area (Å²) >= 11 is 2.69. The molecule has 3 rings (SSSR count). The molecule has 0 aliphatic carbocycles. The van der Waals surface area contributed by atoms with E-state index >= 15 is 0 Å². The summed E-state index contributed by atoms with van der Waals surface area (Å²) in [5.74, 6) is -2.16. The highest BCUT2D eigenvalue weighted by Gasteiger charge is 2.66. The van der Waals surface area contributed by atoms with Gasteiger partial charge in [-0.2, -0.15) is 11.3 Å². The number of hydrogen-bond donors (Lipinski definition) is 4. The molecule has 0 bridgehead atoms. The SMILES string of the molecule is CC1(C)S[C@@H]2C(NC(=O)C(N)c3ccsc3)C(=O)N2C1P(=O)(O)O. The second-order valence-corrected chi connectivity index (χ2v) is 10.6. The minimum Gasteiger partial charge on any atom is -0.340 e. The van der Waals surface area contributed by atoms with Gasteiger partial charge in [0.2, 0.25) is 11.8 Å². The second-order valence-electron chi connectivity index (χ2n) is 6.34. The van der Waals surface area contributed by atoms with E-state index in [4.69, 9.17) is 5.73 Å². The average molecular weight is 391 g/mol. The highest BCUT2D eigenvalue weighted by Crippen LogP contribution is 2.62. The van der Waals surface area contributed by atoms with E-state index in [1.807, 2.05) is 0 Å². The zero-order valence-corrected chi connectivity index (χ0v) is 15.5. The van der Waals surface area contributed by atoms with Crippen molar-refractivity contribution in [2.45, 2.75) is 41.8 Å². The number of carbonyl (C=O) groups is 2. The molecule has 1 aromatic rings. The zero-order chi connectivity index (χ0) is 17.9. The first-order valence-electron chi connectivity index (χ1n) is 7.17. The van der Waals surface area contributed by atoms with E-state index in [1.54, 1.807) is 30.7 Å². The fourth-order valence-electron chi connectivity index (χ4n) is 3.12. The van der Waals surface area contributed by atoms with Crippen LogP contribution in [0.2, 0.25) is 0 Å². The predicted octanol–water partition coefficient (Wildman–Crippen LogP) is 0.430. The van der Waals surface area contributed by atoms with Gasteiger partial charge < -0.3 is 25.7 Å². The highest BCUT2D eigenvalue weighted by atomic mass is 32.2. The van der Waals surface area contributed by atoms with Crippen molar-refractivity contribution < 1.29 is 23.9 Å². The van der Waals surface area contributed by atoms with Crippen molar-refractivity contribution in [1.82, 2.24) is 10.2 Å². The Balaban J connectivity index is 1.74. The molecule has 4 atom stereocenters. The first-order valence-corrected chi connectivity index (χ1v) is 10.7. The molecule has 1 aromatic heterocycles. The van der Waals surface area contributed by atoms with Crippen molar-refractivity contribution in [2.75, 3.05) is 0 Å². The van der Waals surface area contributed by atoms with Crippen molar-refractivity contribution >= 4 is 42.5 Å². The van der Waals surface area contributed by atoms with Gasteiger partial charge in [0.1, 0.15) is 23.2 Å². The molecule has 2 saturated heterocycles. The van der Waals surface area contributed by atoms with Gasteiger partial charge in [0.15, 0.2) is 0 Å². The number of fused-ring (bicyclic) bond motifs is 1. The van der Waals surface area contributed by atoms with Gasteiger partial charge >= 0.3 is 7.60 Å². The number of thioether (sulfide) groups is 1. The van der Waals surface area contributed by atoms with Crippen molar-refractivity contribution in [2.24, 2.45) is 5.73 Å². The van der Waals surface area contributed by atoms with Crippen LogP contribution in [0.3, 0.4) is 0 Å². The Morgan fingerprint density at radius 2 is 2.17 bits per heavy atom. The molecule has 0 aromatic carbocycles. The van der Waals surface area contributed by atoms with Gasteiger partial charge in [-0.15, -0.1) is 11.8 Å². The summed E-state index contributed by atoms with van der Waals surface area (Å²) in [6.07, 6.45) is 0. The van der Waals surface area contributed by atoms with Crippen LogP contribution in [0.4, 0.5) is 0 Å². The molecule has 2 fully saturated rings. The highest BCUT2D eigenvalue weighted by molar-refractivity contribution is 8.02. The average Bonchev–Trinajstić information content (AvgIpc) is 3.07. The van der Waals surface area contributed by atoms with Crippen LogP contribution in [0, 0.1) is 0 Å². The Hall–Kier alpha value is -0.900. The Morgan fingerprint density at radius 1 is 1.50 bits per heavy atom. The number of carbonyl (C=O) groups excluding carboxylic acids is 2. The molecule has 3 unspecified atom stereocenters. The number of amides is 2. The molecule has 11 heteroatoms. The first kappa shape index (κ1) is 17.9. The van der Waals surface area contributed by atoms with Crippen LogP contribution in [0.15, 0.2) is 16.8 Å². The van der Waals surface area contributed by atoms with Gasteiger partial charge in [0.25, 0.3) is 0 Å². The lowest BCUT2D eigenvalue weighted by atomic mass is 10.0. The Kier molecular flexibility index (Phi) is 4.35. The van der Waals surface area contributed by atoms with E-state index in [2.05, 4.69) is 5.32 Å². The Morgan fingerprint density at radius 3 is 2.71 bits per heavy atom. The van der Waals surface area contributed by atoms with Crippen LogP contribution in [0.5, 0.6) is 0 Å². The van der Waals surface area contributed by atoms with Crippen LogP contribution in [-0.2, 0) is 14.2 Å². The Labute approximate surface area is 146 Å². The number of rotatable bonds is 4. The van der Waals surface area contributed by atoms with Gasteiger partial charge in [-0.05, 0) is 36.2 Å². The molecule has 132 valence electrons. The van der Waals surface area contributed by atoms with E-state index in [9.17, 15) is 23.9 Å². The third kappa shape index (κ3) is 2.81. The molecular weight excluding hydrogens is 373 g/mol. The minimum atomic E-state index is -4.49. The number of nitrogens with one attached hydrogen (secondary N) is 1. The maximum atomic E-state index is 12.3. The molecule has 8 nitrogen and oxygen atoms in total. The standard InChI is InChI=1S/C13H18N3O5PS2/c1-13(2)12(22(19,20)21)16-10(18)8(11(16)24-13)15-9(17)7(14)6-3-4-23-5-6/h3-5,7-8,11-12H,14H2,1-2H3,(H,15,17)(H2,19,20,21)/t7?,8?,11-,12?/m1/s1. The van der Waals surface area contributed by atoms with Gasteiger partial charge in [0.05, 0.1) is 0 Å². The first-order chi connectivity index (χ1) is 11.0. The molecule has 2 aliphatic heterocycles. The minimum absolute atomic E-state index is 0.482. The summed E-state index contributed by atoms with van der Waals surface area (Å²) < 4.78 is 10.9. The fraction of sp³-hybridized carbons (Fsp3) is 0.538. The number of β-lactam (4-membered cyclic amide) rings is 1. The summed E-state index contributed by atoms with van der Waals surface area (Å²) in [5, 5.41) is 5.68. The summed E-state index contributed by atoms with van der Waals surface area (Å²) in [6.45, 7) is 3.37. The largest absolute Gasteiger partial charge is 0.349 e. The van der Waals surface area contributed by atoms with Crippen molar-refractivity contribution in [3.8, 4) is 0 Å². The maximum absolute atomic E-state index is 12.3. The van der Waals surface area contributed by atoms with Gasteiger partial charge in [0, 0.05) is 4.75 Å². The number of hydrogen-bond acceptors (Lipinski definition) is 6. The topological polar surface area (TPSA) is 133 Å². The van der Waals surface area contributed by atoms with E-state index in [0.29, 0.717) is 5.56 Å². The molecule has 0 spiro atoms. The normalized spacial score (nSPS) is 29.8. The quantitative estimate of drug-likeness (QED) is 0.432. The smallest absolute Gasteiger partial charge is 0.340 e. The van der Waals surface area contributed by atoms with Crippen LogP contribution < -0.4 is 11.1 Å². The summed E-state index contributed by atoms with van der Waals surface area (Å²) in [4.78, 5) is 44.9. The lowest BCUT2D eigenvalue weighted by Crippen LogP contribution is -2.69. The fourth-order valence-corrected chi connectivity index (χ4v) is 7.41. The second kappa shape index (κ2) is 5.82. The third-order valence-electron chi connectivity index (χ3n) is 4.19. The predicted molar refractivity (Wildman–Crippen MR) is 91.3 cm³/mol. The monoisotopic (exact) mass is 391 g/mol. The van der Waals surface area contributed by atoms with Gasteiger partial charge in [-0.25, -0.2) is 0 Å². The van der Waals surface area contributed by atoms with Crippen LogP contribution in [-0.4, -0.2) is 48.4 Å². The number of nitrogens with two attached hydrogens (primary N) is 1. The molecule has 0 saturated carbocycles. The molecule has 3 heterocycles. The zero-order valence-electron chi connectivity index (χ0n) is 12.9. The number of nitrogens with zero attached hydrogens (tertiary/aromatic N) is 1. The maximum Gasteiger partial charge on any atom is 0.349 e. The van der Waals surface area contributed by atoms with E-state index in [1.165, 1.54) is 28.0 Å². The number of thiophene rings is 1. The van der Waals surface area contributed by atoms with Crippen molar-refractivity contribution in [1.29, 1.82) is 0 Å². The van der Waals surface area contributed by atoms with Gasteiger partial charge in [-0.1, -0.05) is 0 Å². The molecule has 2 aliphatic rings. The molecule has 5 N–H and O–H groups in total. The van der Waals surface area contributed by atoms with Crippen LogP contribution in [0.25, 0.3) is 0 Å². The molecule has 0 radical (unpaired) electrons. The van der Waals surface area contributed by atoms with E-state index in [0.717, 1.165) is 0 Å². The lowest BCUT2D eigenvalue weighted by molar-refractivity contribution is -0.149. The lowest BCUT2D eigenvalue weighted by Gasteiger charge is -2.44. The van der Waals surface area contributed by atoms with Crippen LogP contribution in [0.1, 0.15) is 25.5 Å². The van der Waals surface area contributed by atoms with Crippen molar-refractivity contribution in [3.63, 3.8) is 0 Å². The molecular formula is C13H18N3O5PS2. The van der Waals surface area contributed by atoms with Crippen molar-refractivity contribution in [3.05, 3.63) is 22.4 Å². The molecule has 24 heavy (non-hydrogen) atoms. The van der Waals surface area contributed by atoms with Crippen LogP contribution >= 0.6 is 30.7 Å². The van der Waals surface area contributed by atoms with E-state index in [-0.39, 0.29) is 0 Å². The molecule has 2 amide bonds. The van der Waals surface area contributed by atoms with E-state index < -0.39 is 47.4 Å². The summed E-state index contributed by atoms with van der Waals surface area (Å²) in [6, 6.07) is 0.0410. The Bertz CT molecular complexity index is 719. The summed E-state index contributed by atoms with van der Waals surface area (Å²) in [5.41, 5.74) is 6.54. The third-order valence-corrected chi connectivity index (χ3v) is 8.17. The van der Waals surface area contributed by atoms with Gasteiger partial charge in [-0.3, -0.25) is 14.2 Å². The summed E-state index contributed by atoms with van der Waals surface area (Å²) in [7, 11) is -4.49.